The van der Waals surface area contributed by atoms with Gasteiger partial charge in [0.1, 0.15) is 18.4 Å². The van der Waals surface area contributed by atoms with Gasteiger partial charge in [-0.25, -0.2) is 8.96 Å². The number of aryl methyl sites for hydroxylation is 2. The minimum atomic E-state index is -0.187. The Labute approximate surface area is 92.5 Å². The summed E-state index contributed by atoms with van der Waals surface area (Å²) < 4.78 is 17.3. The van der Waals surface area contributed by atoms with Crippen molar-refractivity contribution >= 4 is 21.8 Å². The fraction of sp³-hybridized carbons (Fsp3) is 0.154. The Hall–Kier alpha value is -1.90. The average Bonchev–Trinajstić information content (AvgIpc) is 2.52. The van der Waals surface area contributed by atoms with Gasteiger partial charge in [0.05, 0.1) is 0 Å². The Morgan fingerprint density at radius 3 is 2.75 bits per heavy atom. The Kier molecular flexibility index (Phi) is 1.78. The van der Waals surface area contributed by atoms with Gasteiger partial charge in [0.2, 0.25) is 0 Å². The highest BCUT2D eigenvalue weighted by Crippen LogP contribution is 2.27. The number of pyridine rings is 1. The van der Waals surface area contributed by atoms with Crippen LogP contribution in [0, 0.1) is 5.82 Å². The molecule has 0 amide bonds. The fourth-order valence-electron chi connectivity index (χ4n) is 2.22. The quantitative estimate of drug-likeness (QED) is 0.509. The fourth-order valence-corrected chi connectivity index (χ4v) is 2.22. The molecule has 2 heterocycles. The lowest BCUT2D eigenvalue weighted by molar-refractivity contribution is -0.670. The molecule has 0 saturated heterocycles. The van der Waals surface area contributed by atoms with Crippen molar-refractivity contribution in [1.29, 1.82) is 0 Å². The van der Waals surface area contributed by atoms with Crippen LogP contribution in [0.2, 0.25) is 0 Å². The van der Waals surface area contributed by atoms with Crippen molar-refractivity contribution in [3.05, 3.63) is 42.5 Å². The van der Waals surface area contributed by atoms with Gasteiger partial charge in [-0.2, -0.15) is 0 Å². The van der Waals surface area contributed by atoms with Crippen molar-refractivity contribution in [1.82, 2.24) is 4.57 Å². The molecule has 1 aromatic carbocycles. The van der Waals surface area contributed by atoms with E-state index in [9.17, 15) is 4.39 Å². The number of nitrogens with zero attached hydrogens (tertiary/aromatic N) is 2. The van der Waals surface area contributed by atoms with Gasteiger partial charge in [0.25, 0.3) is 0 Å². The lowest BCUT2D eigenvalue weighted by atomic mass is 10.2. The lowest BCUT2D eigenvalue weighted by Crippen LogP contribution is -2.26. The van der Waals surface area contributed by atoms with Crippen LogP contribution in [0.1, 0.15) is 0 Å². The number of rotatable bonds is 0. The Morgan fingerprint density at radius 2 is 1.94 bits per heavy atom. The van der Waals surface area contributed by atoms with Gasteiger partial charge in [-0.3, -0.25) is 0 Å². The normalized spacial score (nSPS) is 11.4. The molecule has 3 rings (SSSR count). The number of fused-ring (bicyclic) bond motifs is 3. The molecule has 0 bridgehead atoms. The van der Waals surface area contributed by atoms with E-state index in [4.69, 9.17) is 0 Å². The highest BCUT2D eigenvalue weighted by atomic mass is 19.1. The molecule has 0 aliphatic heterocycles. The van der Waals surface area contributed by atoms with Crippen LogP contribution in [0.15, 0.2) is 36.7 Å². The van der Waals surface area contributed by atoms with Crippen LogP contribution in [-0.2, 0) is 14.1 Å². The zero-order valence-corrected chi connectivity index (χ0v) is 9.24. The molecule has 0 atom stereocenters. The highest BCUT2D eigenvalue weighted by Gasteiger charge is 2.11. The maximum absolute atomic E-state index is 13.2. The summed E-state index contributed by atoms with van der Waals surface area (Å²) in [5.74, 6) is -0.187. The largest absolute Gasteiger partial charge is 0.339 e. The average molecular weight is 215 g/mol. The van der Waals surface area contributed by atoms with E-state index >= 15 is 0 Å². The van der Waals surface area contributed by atoms with Crippen molar-refractivity contribution < 1.29 is 8.96 Å². The van der Waals surface area contributed by atoms with Crippen molar-refractivity contribution in [2.75, 3.05) is 0 Å². The monoisotopic (exact) mass is 215 g/mol. The summed E-state index contributed by atoms with van der Waals surface area (Å²) in [6.07, 6.45) is 4.03. The maximum Gasteiger partial charge on any atom is 0.193 e. The molecule has 0 unspecified atom stereocenters. The molecule has 3 aromatic rings. The van der Waals surface area contributed by atoms with Gasteiger partial charge in [0, 0.05) is 29.4 Å². The second kappa shape index (κ2) is 3.04. The number of benzene rings is 1. The van der Waals surface area contributed by atoms with Gasteiger partial charge in [-0.05, 0) is 18.2 Å². The molecule has 0 saturated carbocycles. The Morgan fingerprint density at radius 1 is 1.12 bits per heavy atom. The first-order chi connectivity index (χ1) is 7.66. The van der Waals surface area contributed by atoms with Crippen LogP contribution in [0.5, 0.6) is 0 Å². The summed E-state index contributed by atoms with van der Waals surface area (Å²) in [5, 5.41) is 2.06. The van der Waals surface area contributed by atoms with E-state index in [0.29, 0.717) is 0 Å². The van der Waals surface area contributed by atoms with Crippen LogP contribution in [0.3, 0.4) is 0 Å². The zero-order chi connectivity index (χ0) is 11.3. The van der Waals surface area contributed by atoms with Crippen molar-refractivity contribution in [2.24, 2.45) is 14.1 Å². The van der Waals surface area contributed by atoms with E-state index in [1.165, 1.54) is 6.07 Å². The molecule has 3 heteroatoms. The summed E-state index contributed by atoms with van der Waals surface area (Å²) >= 11 is 0. The Bertz CT molecular complexity index is 698. The lowest BCUT2D eigenvalue weighted by Gasteiger charge is -1.95. The second-order valence-corrected chi connectivity index (χ2v) is 4.13. The first kappa shape index (κ1) is 9.33. The molecule has 0 spiro atoms. The van der Waals surface area contributed by atoms with Crippen LogP contribution < -0.4 is 4.57 Å². The van der Waals surface area contributed by atoms with Crippen LogP contribution in [-0.4, -0.2) is 4.57 Å². The third-order valence-corrected chi connectivity index (χ3v) is 3.05. The standard InChI is InChI=1S/C13H12FN2/c1-15-6-5-10-11-7-9(14)3-4-12(11)16(2)13(10)8-15/h3-8H,1-2H3/q+1. The topological polar surface area (TPSA) is 8.81 Å². The van der Waals surface area contributed by atoms with Gasteiger partial charge >= 0.3 is 0 Å². The van der Waals surface area contributed by atoms with Crippen LogP contribution >= 0.6 is 0 Å². The van der Waals surface area contributed by atoms with E-state index in [1.807, 2.05) is 43.2 Å². The molecule has 80 valence electrons. The van der Waals surface area contributed by atoms with E-state index < -0.39 is 0 Å². The minimum absolute atomic E-state index is 0.187. The van der Waals surface area contributed by atoms with Gasteiger partial charge in [-0.15, -0.1) is 0 Å². The molecule has 0 aliphatic carbocycles. The van der Waals surface area contributed by atoms with Crippen molar-refractivity contribution in [3.8, 4) is 0 Å². The number of halogens is 1. The molecule has 0 N–H and O–H groups in total. The third-order valence-electron chi connectivity index (χ3n) is 3.05. The first-order valence-electron chi connectivity index (χ1n) is 5.20. The van der Waals surface area contributed by atoms with Crippen molar-refractivity contribution in [2.45, 2.75) is 0 Å². The van der Waals surface area contributed by atoms with Gasteiger partial charge in [0.15, 0.2) is 12.4 Å². The SMILES string of the molecule is Cn1c2ccc(F)cc2c2cc[n+](C)cc21. The predicted octanol–water partition coefficient (Wildman–Crippen LogP) is 2.30. The van der Waals surface area contributed by atoms with Gasteiger partial charge < -0.3 is 4.57 Å². The summed E-state index contributed by atoms with van der Waals surface area (Å²) in [5.41, 5.74) is 2.17. The number of aromatic nitrogens is 2. The van der Waals surface area contributed by atoms with Crippen molar-refractivity contribution in [3.63, 3.8) is 0 Å². The second-order valence-electron chi connectivity index (χ2n) is 4.13. The first-order valence-corrected chi connectivity index (χ1v) is 5.20. The molecular weight excluding hydrogens is 203 g/mol. The zero-order valence-electron chi connectivity index (χ0n) is 9.24. The number of hydrogen-bond acceptors (Lipinski definition) is 0. The molecule has 2 nitrogen and oxygen atoms in total. The molecule has 0 radical (unpaired) electrons. The molecule has 2 aromatic heterocycles. The summed E-state index contributed by atoms with van der Waals surface area (Å²) in [6, 6.07) is 6.95. The van der Waals surface area contributed by atoms with E-state index in [1.54, 1.807) is 6.07 Å². The minimum Gasteiger partial charge on any atom is -0.339 e. The smallest absolute Gasteiger partial charge is 0.193 e. The maximum atomic E-state index is 13.2. The number of hydrogen-bond donors (Lipinski definition) is 0. The summed E-state index contributed by atoms with van der Waals surface area (Å²) in [4.78, 5) is 0. The molecule has 0 fully saturated rings. The van der Waals surface area contributed by atoms with Crippen LogP contribution in [0.4, 0.5) is 4.39 Å². The van der Waals surface area contributed by atoms with Gasteiger partial charge in [-0.1, -0.05) is 0 Å². The third kappa shape index (κ3) is 1.14. The molecule has 0 aliphatic rings. The Balaban J connectivity index is 2.59. The van der Waals surface area contributed by atoms with E-state index in [0.717, 1.165) is 21.8 Å². The van der Waals surface area contributed by atoms with Crippen LogP contribution in [0.25, 0.3) is 21.8 Å². The summed E-state index contributed by atoms with van der Waals surface area (Å²) in [6.45, 7) is 0. The molecular formula is C13H12FN2+. The predicted molar refractivity (Wildman–Crippen MR) is 61.6 cm³/mol. The highest BCUT2D eigenvalue weighted by molar-refractivity contribution is 6.07. The van der Waals surface area contributed by atoms with E-state index in [2.05, 4.69) is 4.57 Å². The summed E-state index contributed by atoms with van der Waals surface area (Å²) in [7, 11) is 3.99. The molecule has 16 heavy (non-hydrogen) atoms. The van der Waals surface area contributed by atoms with E-state index in [-0.39, 0.29) is 5.82 Å².